The van der Waals surface area contributed by atoms with E-state index in [4.69, 9.17) is 10.3 Å². The molecule has 3 unspecified atom stereocenters. The second-order valence-corrected chi connectivity index (χ2v) is 7.70. The number of rotatable bonds is 3. The van der Waals surface area contributed by atoms with Crippen molar-refractivity contribution in [2.75, 3.05) is 11.4 Å². The van der Waals surface area contributed by atoms with Crippen LogP contribution in [0.4, 0.5) is 10.1 Å². The van der Waals surface area contributed by atoms with Crippen LogP contribution in [0.1, 0.15) is 29.6 Å². The van der Waals surface area contributed by atoms with E-state index >= 15 is 4.39 Å². The molecule has 150 valence electrons. The molecule has 29 heavy (non-hydrogen) atoms. The van der Waals surface area contributed by atoms with Gasteiger partial charge < -0.3 is 20.3 Å². The molecule has 0 amide bonds. The maximum atomic E-state index is 15.1. The van der Waals surface area contributed by atoms with E-state index in [1.807, 2.05) is 4.90 Å². The Morgan fingerprint density at radius 1 is 1.34 bits per heavy atom. The summed E-state index contributed by atoms with van der Waals surface area (Å²) in [6.07, 6.45) is 5.57. The molecule has 3 aromatic rings. The lowest BCUT2D eigenvalue weighted by Gasteiger charge is -2.27. The number of hydrogen-bond donors (Lipinski definition) is 2. The smallest absolute Gasteiger partial charge is 0.341 e. The molecule has 1 aliphatic carbocycles. The van der Waals surface area contributed by atoms with Crippen LogP contribution in [-0.4, -0.2) is 39.4 Å². The van der Waals surface area contributed by atoms with Crippen molar-refractivity contribution in [3.8, 4) is 5.82 Å². The first-order valence-electron chi connectivity index (χ1n) is 9.51. The zero-order valence-electron chi connectivity index (χ0n) is 15.4. The summed E-state index contributed by atoms with van der Waals surface area (Å²) >= 11 is 0. The third kappa shape index (κ3) is 2.65. The number of carboxylic acids is 1. The van der Waals surface area contributed by atoms with Crippen LogP contribution < -0.4 is 16.1 Å². The molecule has 3 atom stereocenters. The Morgan fingerprint density at radius 3 is 2.90 bits per heavy atom. The number of nitrogens with zero attached hydrogens (tertiary/aromatic N) is 3. The lowest BCUT2D eigenvalue weighted by atomic mass is 10.0. The molecular formula is C20H19FN4O4. The first kappa shape index (κ1) is 17.9. The van der Waals surface area contributed by atoms with Crippen molar-refractivity contribution in [3.05, 3.63) is 52.3 Å². The topological polar surface area (TPSA) is 115 Å². The van der Waals surface area contributed by atoms with Crippen molar-refractivity contribution in [2.24, 2.45) is 11.7 Å². The fourth-order valence-electron chi connectivity index (χ4n) is 4.86. The minimum absolute atomic E-state index is 0.0234. The monoisotopic (exact) mass is 398 g/mol. The summed E-state index contributed by atoms with van der Waals surface area (Å²) in [6.45, 7) is 0.541. The first-order chi connectivity index (χ1) is 14.0. The number of pyridine rings is 1. The summed E-state index contributed by atoms with van der Waals surface area (Å²) in [7, 11) is 0. The summed E-state index contributed by atoms with van der Waals surface area (Å²) in [6, 6.07) is 4.38. The summed E-state index contributed by atoms with van der Waals surface area (Å²) < 4.78 is 21.4. The fraction of sp³-hybridized carbons (Fsp3) is 0.350. The summed E-state index contributed by atoms with van der Waals surface area (Å²) in [5.41, 5.74) is 5.81. The average molecular weight is 398 g/mol. The van der Waals surface area contributed by atoms with E-state index in [0.717, 1.165) is 25.3 Å². The number of anilines is 1. The van der Waals surface area contributed by atoms with E-state index in [-0.39, 0.29) is 17.5 Å². The quantitative estimate of drug-likeness (QED) is 0.694. The van der Waals surface area contributed by atoms with Gasteiger partial charge in [-0.1, -0.05) is 11.6 Å². The number of aromatic nitrogens is 2. The van der Waals surface area contributed by atoms with Crippen molar-refractivity contribution in [1.29, 1.82) is 0 Å². The third-order valence-electron chi connectivity index (χ3n) is 6.17. The van der Waals surface area contributed by atoms with E-state index in [2.05, 4.69) is 5.16 Å². The van der Waals surface area contributed by atoms with Gasteiger partial charge in [-0.3, -0.25) is 9.36 Å². The number of carboxylic acid groups (broad SMARTS) is 1. The first-order valence-corrected chi connectivity index (χ1v) is 9.51. The molecule has 8 nitrogen and oxygen atoms in total. The normalized spacial score (nSPS) is 23.7. The van der Waals surface area contributed by atoms with Gasteiger partial charge >= 0.3 is 5.97 Å². The van der Waals surface area contributed by atoms with Gasteiger partial charge in [-0.2, -0.15) is 0 Å². The third-order valence-corrected chi connectivity index (χ3v) is 6.17. The van der Waals surface area contributed by atoms with Gasteiger partial charge in [-0.15, -0.1) is 0 Å². The van der Waals surface area contributed by atoms with Crippen molar-refractivity contribution < 1.29 is 18.8 Å². The number of aromatic carboxylic acids is 1. The zero-order chi connectivity index (χ0) is 20.3. The molecule has 1 aromatic carbocycles. The fourth-order valence-corrected chi connectivity index (χ4v) is 4.86. The Kier molecular flexibility index (Phi) is 3.95. The van der Waals surface area contributed by atoms with Crippen LogP contribution in [0.15, 0.2) is 40.0 Å². The van der Waals surface area contributed by atoms with Crippen molar-refractivity contribution >= 4 is 22.6 Å². The van der Waals surface area contributed by atoms with Crippen LogP contribution in [-0.2, 0) is 0 Å². The second kappa shape index (κ2) is 6.41. The van der Waals surface area contributed by atoms with E-state index in [0.29, 0.717) is 29.5 Å². The van der Waals surface area contributed by atoms with Gasteiger partial charge in [0.15, 0.2) is 5.82 Å². The van der Waals surface area contributed by atoms with Gasteiger partial charge in [-0.25, -0.2) is 9.18 Å². The van der Waals surface area contributed by atoms with E-state index in [9.17, 15) is 14.7 Å². The van der Waals surface area contributed by atoms with Crippen LogP contribution in [0.5, 0.6) is 0 Å². The molecule has 5 rings (SSSR count). The predicted molar refractivity (Wildman–Crippen MR) is 103 cm³/mol. The number of benzene rings is 1. The molecule has 2 aromatic heterocycles. The molecule has 0 radical (unpaired) electrons. The van der Waals surface area contributed by atoms with Crippen LogP contribution in [0, 0.1) is 11.7 Å². The summed E-state index contributed by atoms with van der Waals surface area (Å²) in [5.74, 6) is -1.33. The van der Waals surface area contributed by atoms with Crippen molar-refractivity contribution in [1.82, 2.24) is 9.72 Å². The van der Waals surface area contributed by atoms with Crippen molar-refractivity contribution in [3.63, 3.8) is 0 Å². The Morgan fingerprint density at radius 2 is 2.17 bits per heavy atom. The maximum absolute atomic E-state index is 15.1. The van der Waals surface area contributed by atoms with Gasteiger partial charge in [0, 0.05) is 30.9 Å². The van der Waals surface area contributed by atoms with Gasteiger partial charge in [0.25, 0.3) is 0 Å². The minimum atomic E-state index is -1.39. The maximum Gasteiger partial charge on any atom is 0.341 e. The van der Waals surface area contributed by atoms with E-state index in [1.54, 1.807) is 6.07 Å². The average Bonchev–Trinajstić information content (AvgIpc) is 3.42. The number of nitrogens with two attached hydrogens (primary N) is 1. The largest absolute Gasteiger partial charge is 0.477 e. The standard InChI is InChI=1S/C20H19FN4O4/c21-13-6-11-16(7-17(13)24-9-14(22)10-2-1-3-15(10)24)25(18-4-5-29-23-18)8-12(19(11)26)20(27)28/h4-8,10,14-15H,1-3,9,22H2,(H,27,28). The number of hydrogen-bond acceptors (Lipinski definition) is 6. The number of halogens is 1. The van der Waals surface area contributed by atoms with E-state index in [1.165, 1.54) is 23.1 Å². The highest BCUT2D eigenvalue weighted by Gasteiger charge is 2.43. The lowest BCUT2D eigenvalue weighted by Crippen LogP contribution is -2.31. The molecule has 0 spiro atoms. The minimum Gasteiger partial charge on any atom is -0.477 e. The molecule has 1 saturated heterocycles. The number of carbonyl (C=O) groups is 1. The molecule has 9 heteroatoms. The Hall–Kier alpha value is -3.20. The summed E-state index contributed by atoms with van der Waals surface area (Å²) in [5, 5.41) is 13.2. The predicted octanol–water partition coefficient (Wildman–Crippen LogP) is 2.13. The zero-order valence-corrected chi connectivity index (χ0v) is 15.4. The SMILES string of the molecule is NC1CN(c2cc3c(cc2F)c(=O)c(C(=O)O)cn3-c2ccon2)C2CCCC12. The van der Waals surface area contributed by atoms with Crippen molar-refractivity contribution in [2.45, 2.75) is 31.3 Å². The molecule has 3 heterocycles. The second-order valence-electron chi connectivity index (χ2n) is 7.70. The highest BCUT2D eigenvalue weighted by atomic mass is 19.1. The molecule has 3 N–H and O–H groups in total. The lowest BCUT2D eigenvalue weighted by molar-refractivity contribution is 0.0695. The molecule has 2 aliphatic rings. The molecular weight excluding hydrogens is 379 g/mol. The molecule has 2 fully saturated rings. The molecule has 0 bridgehead atoms. The molecule has 1 aliphatic heterocycles. The van der Waals surface area contributed by atoms with Gasteiger partial charge in [0.05, 0.1) is 16.6 Å². The van der Waals surface area contributed by atoms with Crippen LogP contribution >= 0.6 is 0 Å². The van der Waals surface area contributed by atoms with Gasteiger partial charge in [0.2, 0.25) is 5.43 Å². The highest BCUT2D eigenvalue weighted by molar-refractivity contribution is 5.94. The van der Waals surface area contributed by atoms with Crippen LogP contribution in [0.3, 0.4) is 0 Å². The van der Waals surface area contributed by atoms with Gasteiger partial charge in [-0.05, 0) is 30.9 Å². The Labute approximate surface area is 164 Å². The molecule has 1 saturated carbocycles. The Bertz CT molecular complexity index is 1170. The van der Waals surface area contributed by atoms with Crippen LogP contribution in [0.25, 0.3) is 16.7 Å². The highest BCUT2D eigenvalue weighted by Crippen LogP contribution is 2.41. The van der Waals surface area contributed by atoms with E-state index < -0.39 is 22.8 Å². The van der Waals surface area contributed by atoms with Gasteiger partial charge in [0.1, 0.15) is 17.6 Å². The van der Waals surface area contributed by atoms with Crippen LogP contribution in [0.2, 0.25) is 0 Å². The summed E-state index contributed by atoms with van der Waals surface area (Å²) in [4.78, 5) is 26.2. The Balaban J connectivity index is 1.76. The number of fused-ring (bicyclic) bond motifs is 2.